The Morgan fingerprint density at radius 2 is 1.95 bits per heavy atom. The van der Waals surface area contributed by atoms with E-state index in [9.17, 15) is 9.59 Å². The summed E-state index contributed by atoms with van der Waals surface area (Å²) in [5.41, 5.74) is 4.54. The monoisotopic (exact) mass is 516 g/mol. The molecule has 4 heterocycles. The maximum atomic E-state index is 13.2. The molecule has 2 aromatic carbocycles. The number of hydrogen-bond donors (Lipinski definition) is 1. The van der Waals surface area contributed by atoms with Crippen molar-refractivity contribution in [1.82, 2.24) is 24.8 Å². The number of thiazole rings is 1. The van der Waals surface area contributed by atoms with Crippen molar-refractivity contribution in [2.75, 3.05) is 51.3 Å². The van der Waals surface area contributed by atoms with Crippen LogP contribution >= 0.6 is 11.3 Å². The van der Waals surface area contributed by atoms with E-state index < -0.39 is 0 Å². The first-order chi connectivity index (χ1) is 18.0. The number of benzene rings is 2. The van der Waals surface area contributed by atoms with E-state index in [0.717, 1.165) is 55.5 Å². The molecular weight excluding hydrogens is 488 g/mol. The molecule has 2 aliphatic rings. The minimum Gasteiger partial charge on any atom is -0.493 e. The molecule has 9 nitrogen and oxygen atoms in total. The van der Waals surface area contributed by atoms with Gasteiger partial charge >= 0.3 is 0 Å². The molecule has 1 saturated heterocycles. The fourth-order valence-corrected chi connectivity index (χ4v) is 5.62. The van der Waals surface area contributed by atoms with Gasteiger partial charge in [0, 0.05) is 56.2 Å². The van der Waals surface area contributed by atoms with E-state index in [1.54, 1.807) is 18.5 Å². The molecule has 6 rings (SSSR count). The van der Waals surface area contributed by atoms with Crippen LogP contribution in [-0.4, -0.2) is 82.9 Å². The standard InChI is InChI=1S/C27H28N6O3S/c1-3-32-9-11-33(12-10-32)25(34)19-4-6-20-21(15-19)30-27(29-20)31(2)26(35)22-16-37-24(28-22)18-5-7-23-17(14-18)8-13-36-23/h4-7,14-16H,3,8-13H2,1-2H3,(H,29,30). The van der Waals surface area contributed by atoms with Crippen molar-refractivity contribution < 1.29 is 14.3 Å². The predicted octanol–water partition coefficient (Wildman–Crippen LogP) is 3.68. The molecule has 0 spiro atoms. The van der Waals surface area contributed by atoms with Crippen molar-refractivity contribution in [2.45, 2.75) is 13.3 Å². The Bertz CT molecular complexity index is 1490. The van der Waals surface area contributed by atoms with Crippen LogP contribution in [0.5, 0.6) is 5.75 Å². The topological polar surface area (TPSA) is 94.7 Å². The van der Waals surface area contributed by atoms with Gasteiger partial charge in [-0.2, -0.15) is 0 Å². The lowest BCUT2D eigenvalue weighted by Gasteiger charge is -2.34. The molecule has 0 radical (unpaired) electrons. The van der Waals surface area contributed by atoms with Crippen molar-refractivity contribution in [3.63, 3.8) is 0 Å². The Kier molecular flexibility index (Phi) is 6.13. The first-order valence-electron chi connectivity index (χ1n) is 12.5. The van der Waals surface area contributed by atoms with Gasteiger partial charge in [0.25, 0.3) is 11.8 Å². The number of rotatable bonds is 5. The van der Waals surface area contributed by atoms with Crippen molar-refractivity contribution in [3.05, 3.63) is 58.6 Å². The molecule has 0 aliphatic carbocycles. The van der Waals surface area contributed by atoms with Gasteiger partial charge in [-0.15, -0.1) is 11.3 Å². The highest BCUT2D eigenvalue weighted by Crippen LogP contribution is 2.32. The van der Waals surface area contributed by atoms with E-state index in [2.05, 4.69) is 32.8 Å². The van der Waals surface area contributed by atoms with Gasteiger partial charge < -0.3 is 19.5 Å². The molecule has 2 aromatic heterocycles. The molecule has 10 heteroatoms. The van der Waals surface area contributed by atoms with E-state index in [0.29, 0.717) is 34.8 Å². The number of carbonyl (C=O) groups excluding carboxylic acids is 2. The molecule has 37 heavy (non-hydrogen) atoms. The Hall–Kier alpha value is -3.76. The van der Waals surface area contributed by atoms with Crippen LogP contribution in [0.2, 0.25) is 0 Å². The maximum Gasteiger partial charge on any atom is 0.279 e. The number of ether oxygens (including phenoxy) is 1. The number of aromatic nitrogens is 3. The highest BCUT2D eigenvalue weighted by molar-refractivity contribution is 7.13. The van der Waals surface area contributed by atoms with Crippen LogP contribution in [0.3, 0.4) is 0 Å². The number of imidazole rings is 1. The lowest BCUT2D eigenvalue weighted by molar-refractivity contribution is 0.0643. The summed E-state index contributed by atoms with van der Waals surface area (Å²) < 4.78 is 5.59. The molecule has 1 fully saturated rings. The summed E-state index contributed by atoms with van der Waals surface area (Å²) in [5, 5.41) is 2.56. The van der Waals surface area contributed by atoms with Gasteiger partial charge in [0.2, 0.25) is 5.95 Å². The minimum absolute atomic E-state index is 0.0198. The van der Waals surface area contributed by atoms with Crippen LogP contribution in [0.1, 0.15) is 33.3 Å². The number of anilines is 1. The quantitative estimate of drug-likeness (QED) is 0.435. The number of amides is 2. The molecule has 0 unspecified atom stereocenters. The third-order valence-corrected chi connectivity index (χ3v) is 8.00. The molecule has 0 saturated carbocycles. The Labute approximate surface area is 218 Å². The van der Waals surface area contributed by atoms with E-state index >= 15 is 0 Å². The first-order valence-corrected chi connectivity index (χ1v) is 13.4. The van der Waals surface area contributed by atoms with Crippen LogP contribution in [0.15, 0.2) is 41.8 Å². The molecule has 2 amide bonds. The number of aromatic amines is 1. The van der Waals surface area contributed by atoms with Crippen molar-refractivity contribution in [3.8, 4) is 16.3 Å². The average molecular weight is 517 g/mol. The summed E-state index contributed by atoms with van der Waals surface area (Å²) in [7, 11) is 1.67. The van der Waals surface area contributed by atoms with E-state index in [-0.39, 0.29) is 11.8 Å². The minimum atomic E-state index is -0.254. The average Bonchev–Trinajstić information content (AvgIpc) is 3.70. The highest BCUT2D eigenvalue weighted by atomic mass is 32.1. The summed E-state index contributed by atoms with van der Waals surface area (Å²) in [6.07, 6.45) is 0.887. The lowest BCUT2D eigenvalue weighted by Crippen LogP contribution is -2.48. The third-order valence-electron chi connectivity index (χ3n) is 7.11. The molecule has 4 aromatic rings. The van der Waals surface area contributed by atoms with Crippen molar-refractivity contribution >= 4 is 40.1 Å². The second-order valence-electron chi connectivity index (χ2n) is 9.34. The van der Waals surface area contributed by atoms with Gasteiger partial charge in [-0.3, -0.25) is 14.5 Å². The molecule has 1 N–H and O–H groups in total. The summed E-state index contributed by atoms with van der Waals surface area (Å²) in [4.78, 5) is 44.3. The van der Waals surface area contributed by atoms with Gasteiger partial charge in [-0.05, 0) is 48.5 Å². The first kappa shape index (κ1) is 23.6. The number of nitrogens with zero attached hydrogens (tertiary/aromatic N) is 5. The fraction of sp³-hybridized carbons (Fsp3) is 0.333. The predicted molar refractivity (Wildman–Crippen MR) is 144 cm³/mol. The number of fused-ring (bicyclic) bond motifs is 2. The molecular formula is C27H28N6O3S. The lowest BCUT2D eigenvalue weighted by atomic mass is 10.1. The maximum absolute atomic E-state index is 13.2. The number of hydrogen-bond acceptors (Lipinski definition) is 7. The number of nitrogens with one attached hydrogen (secondary N) is 1. The molecule has 0 atom stereocenters. The van der Waals surface area contributed by atoms with Gasteiger partial charge in [0.05, 0.1) is 17.6 Å². The van der Waals surface area contributed by atoms with Crippen LogP contribution in [0.4, 0.5) is 5.95 Å². The van der Waals surface area contributed by atoms with E-state index in [1.165, 1.54) is 21.8 Å². The Morgan fingerprint density at radius 3 is 2.76 bits per heavy atom. The third kappa shape index (κ3) is 4.47. The van der Waals surface area contributed by atoms with Gasteiger partial charge in [-0.1, -0.05) is 6.92 Å². The summed E-state index contributed by atoms with van der Waals surface area (Å²) in [6.45, 7) is 7.09. The Balaban J connectivity index is 1.18. The molecule has 2 aliphatic heterocycles. The highest BCUT2D eigenvalue weighted by Gasteiger charge is 2.24. The zero-order valence-electron chi connectivity index (χ0n) is 20.9. The largest absolute Gasteiger partial charge is 0.493 e. The number of likely N-dealkylation sites (N-methyl/N-ethyl adjacent to an activating group) is 1. The second-order valence-corrected chi connectivity index (χ2v) is 10.2. The smallest absolute Gasteiger partial charge is 0.279 e. The van der Waals surface area contributed by atoms with Crippen LogP contribution in [0, 0.1) is 0 Å². The fourth-order valence-electron chi connectivity index (χ4n) is 4.83. The summed E-state index contributed by atoms with van der Waals surface area (Å²) in [5.74, 6) is 1.10. The van der Waals surface area contributed by atoms with Gasteiger partial charge in [0.1, 0.15) is 16.5 Å². The summed E-state index contributed by atoms with van der Waals surface area (Å²) >= 11 is 1.44. The second kappa shape index (κ2) is 9.60. The molecule has 190 valence electrons. The molecule has 0 bridgehead atoms. The van der Waals surface area contributed by atoms with E-state index in [1.807, 2.05) is 29.2 Å². The van der Waals surface area contributed by atoms with Crippen LogP contribution in [-0.2, 0) is 6.42 Å². The van der Waals surface area contributed by atoms with Crippen molar-refractivity contribution in [2.24, 2.45) is 0 Å². The number of H-pyrrole nitrogens is 1. The van der Waals surface area contributed by atoms with E-state index in [4.69, 9.17) is 4.74 Å². The van der Waals surface area contributed by atoms with Crippen molar-refractivity contribution in [1.29, 1.82) is 0 Å². The zero-order valence-corrected chi connectivity index (χ0v) is 21.7. The normalized spacial score (nSPS) is 15.6. The number of piperazine rings is 1. The SMILES string of the molecule is CCN1CCN(C(=O)c2ccc3nc(N(C)C(=O)c4csc(-c5ccc6c(c5)CCO6)n4)[nH]c3c2)CC1. The van der Waals surface area contributed by atoms with Gasteiger partial charge in [0.15, 0.2) is 0 Å². The van der Waals surface area contributed by atoms with Crippen LogP contribution in [0.25, 0.3) is 21.6 Å². The summed E-state index contributed by atoms with van der Waals surface area (Å²) in [6, 6.07) is 11.5. The van der Waals surface area contributed by atoms with Gasteiger partial charge in [-0.25, -0.2) is 9.97 Å². The Morgan fingerprint density at radius 1 is 1.11 bits per heavy atom. The zero-order chi connectivity index (χ0) is 25.5. The number of carbonyl (C=O) groups is 2. The van der Waals surface area contributed by atoms with Crippen LogP contribution < -0.4 is 9.64 Å².